The van der Waals surface area contributed by atoms with Gasteiger partial charge in [-0.05, 0) is 30.4 Å². The first-order valence-electron chi connectivity index (χ1n) is 9.91. The van der Waals surface area contributed by atoms with Gasteiger partial charge in [-0.25, -0.2) is 4.98 Å². The van der Waals surface area contributed by atoms with E-state index < -0.39 is 6.04 Å². The highest BCUT2D eigenvalue weighted by molar-refractivity contribution is 6.03. The Kier molecular flexibility index (Phi) is 5.23. The van der Waals surface area contributed by atoms with E-state index in [1.807, 2.05) is 24.3 Å². The van der Waals surface area contributed by atoms with Crippen LogP contribution in [0.4, 0.5) is 5.95 Å². The van der Waals surface area contributed by atoms with Gasteiger partial charge in [0.1, 0.15) is 6.04 Å². The van der Waals surface area contributed by atoms with Crippen LogP contribution in [0.25, 0.3) is 0 Å². The molecule has 2 N–H and O–H groups in total. The second-order valence-electron chi connectivity index (χ2n) is 7.61. The number of fused-ring (bicyclic) bond motifs is 1. The number of amides is 2. The van der Waals surface area contributed by atoms with Crippen LogP contribution in [0.3, 0.4) is 0 Å². The molecule has 142 valence electrons. The molecule has 0 saturated heterocycles. The second kappa shape index (κ2) is 7.94. The lowest BCUT2D eigenvalue weighted by Crippen LogP contribution is -2.44. The smallest absolute Gasteiger partial charge is 0.255 e. The molecule has 1 atom stereocenters. The number of carbonyl (C=O) groups excluding carboxylic acids is 2. The van der Waals surface area contributed by atoms with E-state index in [9.17, 15) is 9.59 Å². The van der Waals surface area contributed by atoms with Crippen LogP contribution in [-0.2, 0) is 11.3 Å². The Morgan fingerprint density at radius 1 is 1.26 bits per heavy atom. The molecule has 0 radical (unpaired) electrons. The number of H-pyrrole nitrogens is 1. The highest BCUT2D eigenvalue weighted by Crippen LogP contribution is 2.31. The Hall–Kier alpha value is -2.63. The van der Waals surface area contributed by atoms with E-state index >= 15 is 0 Å². The Morgan fingerprint density at radius 3 is 2.81 bits per heavy atom. The normalized spacial score (nSPS) is 18.4. The van der Waals surface area contributed by atoms with E-state index in [4.69, 9.17) is 0 Å². The predicted octanol–water partition coefficient (Wildman–Crippen LogP) is 3.73. The third-order valence-corrected chi connectivity index (χ3v) is 5.84. The summed E-state index contributed by atoms with van der Waals surface area (Å²) in [7, 11) is 0. The number of benzene rings is 1. The SMILES string of the molecule is O=C(Nc1ncc[nH]1)C(CCC1CCCCC1)N1Cc2ccccc2C1=O. The number of nitrogens with one attached hydrogen (secondary N) is 2. The summed E-state index contributed by atoms with van der Waals surface area (Å²) in [4.78, 5) is 34.6. The van der Waals surface area contributed by atoms with Crippen molar-refractivity contribution >= 4 is 17.8 Å². The maximum atomic E-state index is 13.0. The van der Waals surface area contributed by atoms with Gasteiger partial charge in [-0.2, -0.15) is 0 Å². The molecule has 1 aliphatic carbocycles. The van der Waals surface area contributed by atoms with Crippen molar-refractivity contribution in [2.75, 3.05) is 5.32 Å². The summed E-state index contributed by atoms with van der Waals surface area (Å²) in [5, 5.41) is 2.83. The van der Waals surface area contributed by atoms with Gasteiger partial charge in [0, 0.05) is 24.5 Å². The molecule has 0 spiro atoms. The minimum Gasteiger partial charge on any atom is -0.331 e. The van der Waals surface area contributed by atoms with Gasteiger partial charge in [0.15, 0.2) is 0 Å². The number of anilines is 1. The topological polar surface area (TPSA) is 78.1 Å². The quantitative estimate of drug-likeness (QED) is 0.818. The predicted molar refractivity (Wildman–Crippen MR) is 103 cm³/mol. The number of carbonyl (C=O) groups is 2. The van der Waals surface area contributed by atoms with Crippen LogP contribution >= 0.6 is 0 Å². The van der Waals surface area contributed by atoms with Crippen LogP contribution in [-0.4, -0.2) is 32.7 Å². The first-order valence-corrected chi connectivity index (χ1v) is 9.91. The number of hydrogen-bond acceptors (Lipinski definition) is 3. The van der Waals surface area contributed by atoms with Crippen LogP contribution < -0.4 is 5.32 Å². The minimum absolute atomic E-state index is 0.0474. The van der Waals surface area contributed by atoms with E-state index in [1.54, 1.807) is 17.3 Å². The van der Waals surface area contributed by atoms with E-state index in [1.165, 1.54) is 32.1 Å². The fourth-order valence-electron chi connectivity index (χ4n) is 4.36. The minimum atomic E-state index is -0.475. The van der Waals surface area contributed by atoms with Crippen molar-refractivity contribution in [1.29, 1.82) is 0 Å². The number of rotatable bonds is 6. The van der Waals surface area contributed by atoms with Crippen LogP contribution in [0.2, 0.25) is 0 Å². The lowest BCUT2D eigenvalue weighted by molar-refractivity contribution is -0.121. The van der Waals surface area contributed by atoms with Crippen molar-refractivity contribution in [3.05, 3.63) is 47.8 Å². The summed E-state index contributed by atoms with van der Waals surface area (Å²) in [5.41, 5.74) is 1.71. The van der Waals surface area contributed by atoms with Crippen molar-refractivity contribution in [2.45, 2.75) is 57.5 Å². The molecule has 0 bridgehead atoms. The van der Waals surface area contributed by atoms with Crippen LogP contribution in [0.1, 0.15) is 60.9 Å². The van der Waals surface area contributed by atoms with E-state index in [-0.39, 0.29) is 11.8 Å². The molecule has 6 nitrogen and oxygen atoms in total. The molecular formula is C21H26N4O2. The summed E-state index contributed by atoms with van der Waals surface area (Å²) >= 11 is 0. The number of nitrogens with zero attached hydrogens (tertiary/aromatic N) is 2. The van der Waals surface area contributed by atoms with Crippen LogP contribution in [0, 0.1) is 5.92 Å². The van der Waals surface area contributed by atoms with Gasteiger partial charge in [0.25, 0.3) is 5.91 Å². The van der Waals surface area contributed by atoms with Gasteiger partial charge in [-0.3, -0.25) is 14.9 Å². The number of aromatic amines is 1. The average Bonchev–Trinajstić information content (AvgIpc) is 3.32. The molecule has 2 amide bonds. The Labute approximate surface area is 159 Å². The van der Waals surface area contributed by atoms with Gasteiger partial charge < -0.3 is 9.88 Å². The average molecular weight is 366 g/mol. The number of aromatic nitrogens is 2. The van der Waals surface area contributed by atoms with Gasteiger partial charge in [-0.1, -0.05) is 50.3 Å². The fourth-order valence-corrected chi connectivity index (χ4v) is 4.36. The van der Waals surface area contributed by atoms with Crippen molar-refractivity contribution in [3.63, 3.8) is 0 Å². The molecule has 2 aromatic rings. The number of imidazole rings is 1. The monoisotopic (exact) mass is 366 g/mol. The second-order valence-corrected chi connectivity index (χ2v) is 7.61. The van der Waals surface area contributed by atoms with E-state index in [0.717, 1.165) is 12.0 Å². The van der Waals surface area contributed by atoms with Gasteiger partial charge >= 0.3 is 0 Å². The molecule has 27 heavy (non-hydrogen) atoms. The van der Waals surface area contributed by atoms with Crippen LogP contribution in [0.5, 0.6) is 0 Å². The molecule has 1 fully saturated rings. The van der Waals surface area contributed by atoms with Gasteiger partial charge in [0.2, 0.25) is 11.9 Å². The zero-order valence-electron chi connectivity index (χ0n) is 15.5. The molecule has 1 aliphatic heterocycles. The van der Waals surface area contributed by atoms with E-state index in [2.05, 4.69) is 15.3 Å². The van der Waals surface area contributed by atoms with Gasteiger partial charge in [0.05, 0.1) is 0 Å². The molecule has 4 rings (SSSR count). The summed E-state index contributed by atoms with van der Waals surface area (Å²) in [6.07, 6.45) is 11.3. The third-order valence-electron chi connectivity index (χ3n) is 5.84. The zero-order chi connectivity index (χ0) is 18.6. The standard InChI is InChI=1S/C21H26N4O2/c26-19(24-21-22-12-13-23-21)18(11-10-15-6-2-1-3-7-15)25-14-16-8-4-5-9-17(16)20(25)27/h4-5,8-9,12-13,15,18H,1-3,6-7,10-11,14H2,(H2,22,23,24,26). The highest BCUT2D eigenvalue weighted by atomic mass is 16.2. The van der Waals surface area contributed by atoms with Crippen molar-refractivity contribution < 1.29 is 9.59 Å². The molecular weight excluding hydrogens is 340 g/mol. The Bertz CT molecular complexity index is 796. The van der Waals surface area contributed by atoms with Crippen molar-refractivity contribution in [2.24, 2.45) is 5.92 Å². The lowest BCUT2D eigenvalue weighted by Gasteiger charge is -2.29. The molecule has 1 unspecified atom stereocenters. The zero-order valence-corrected chi connectivity index (χ0v) is 15.5. The lowest BCUT2D eigenvalue weighted by atomic mass is 9.85. The fraction of sp³-hybridized carbons (Fsp3) is 0.476. The first-order chi connectivity index (χ1) is 13.2. The largest absolute Gasteiger partial charge is 0.331 e. The van der Waals surface area contributed by atoms with Crippen molar-refractivity contribution in [1.82, 2.24) is 14.9 Å². The van der Waals surface area contributed by atoms with Gasteiger partial charge in [-0.15, -0.1) is 0 Å². The molecule has 6 heteroatoms. The number of hydrogen-bond donors (Lipinski definition) is 2. The third kappa shape index (κ3) is 3.89. The Morgan fingerprint density at radius 2 is 2.07 bits per heavy atom. The maximum absolute atomic E-state index is 13.0. The summed E-state index contributed by atoms with van der Waals surface area (Å²) in [5.74, 6) is 0.875. The van der Waals surface area contributed by atoms with Crippen LogP contribution in [0.15, 0.2) is 36.7 Å². The summed E-state index contributed by atoms with van der Waals surface area (Å²) in [6.45, 7) is 0.496. The highest BCUT2D eigenvalue weighted by Gasteiger charge is 2.36. The molecule has 2 aliphatic rings. The Balaban J connectivity index is 1.50. The molecule has 1 saturated carbocycles. The first kappa shape index (κ1) is 17.8. The summed E-state index contributed by atoms with van der Waals surface area (Å²) < 4.78 is 0. The molecule has 1 aromatic carbocycles. The van der Waals surface area contributed by atoms with E-state index in [0.29, 0.717) is 30.4 Å². The summed E-state index contributed by atoms with van der Waals surface area (Å²) in [6, 6.07) is 7.16. The molecule has 1 aromatic heterocycles. The maximum Gasteiger partial charge on any atom is 0.255 e. The van der Waals surface area contributed by atoms with Crippen molar-refractivity contribution in [3.8, 4) is 0 Å². The molecule has 2 heterocycles.